The van der Waals surface area contributed by atoms with Crippen molar-refractivity contribution >= 4 is 11.9 Å². The first-order valence-corrected chi connectivity index (χ1v) is 4.55. The van der Waals surface area contributed by atoms with Crippen LogP contribution < -0.4 is 17.2 Å². The number of aliphatic carboxylic acids is 1. The summed E-state index contributed by atoms with van der Waals surface area (Å²) in [4.78, 5) is 10.4. The zero-order valence-corrected chi connectivity index (χ0v) is 8.76. The number of rotatable bonds is 3. The Bertz CT molecular complexity index is 336. The molecule has 0 aromatic heterocycles. The van der Waals surface area contributed by atoms with Crippen molar-refractivity contribution in [2.24, 2.45) is 17.2 Å². The lowest BCUT2D eigenvalue weighted by molar-refractivity contribution is -0.138. The molecule has 1 aromatic carbocycles. The third kappa shape index (κ3) is 7.34. The van der Waals surface area contributed by atoms with E-state index in [0.717, 1.165) is 5.56 Å². The second kappa shape index (κ2) is 7.24. The fourth-order valence-corrected chi connectivity index (χ4v) is 0.955. The van der Waals surface area contributed by atoms with Gasteiger partial charge in [-0.2, -0.15) is 0 Å². The SMILES string of the molecule is N=C(N)N.NC(Cc1ccccc1)C(=O)O. The summed E-state index contributed by atoms with van der Waals surface area (Å²) in [5.74, 6) is -1.29. The van der Waals surface area contributed by atoms with Crippen LogP contribution in [-0.2, 0) is 11.2 Å². The standard InChI is InChI=1S/C9H11NO2.CH5N3/c10-8(9(11)12)6-7-4-2-1-3-5-7;2-1(3)4/h1-5,8H,6,10H2,(H,11,12);(H5,2,3,4). The van der Waals surface area contributed by atoms with Gasteiger partial charge in [0.25, 0.3) is 0 Å². The van der Waals surface area contributed by atoms with Gasteiger partial charge < -0.3 is 22.3 Å². The van der Waals surface area contributed by atoms with Gasteiger partial charge in [0.1, 0.15) is 6.04 Å². The Balaban J connectivity index is 0.000000487. The number of carboxylic acids is 1. The van der Waals surface area contributed by atoms with Gasteiger partial charge in [-0.3, -0.25) is 10.2 Å². The van der Waals surface area contributed by atoms with E-state index < -0.39 is 12.0 Å². The quantitative estimate of drug-likeness (QED) is 0.347. The molecule has 0 amide bonds. The highest BCUT2D eigenvalue weighted by Crippen LogP contribution is 2.01. The summed E-state index contributed by atoms with van der Waals surface area (Å²) in [7, 11) is 0. The monoisotopic (exact) mass is 224 g/mol. The van der Waals surface area contributed by atoms with Crippen molar-refractivity contribution < 1.29 is 9.90 Å². The molecule has 0 aliphatic rings. The summed E-state index contributed by atoms with van der Waals surface area (Å²) in [6.45, 7) is 0. The highest BCUT2D eigenvalue weighted by Gasteiger charge is 2.10. The molecule has 1 unspecified atom stereocenters. The van der Waals surface area contributed by atoms with Gasteiger partial charge in [0, 0.05) is 0 Å². The fourth-order valence-electron chi connectivity index (χ4n) is 0.955. The molecule has 0 heterocycles. The highest BCUT2D eigenvalue weighted by atomic mass is 16.4. The number of nitrogens with two attached hydrogens (primary N) is 3. The van der Waals surface area contributed by atoms with Gasteiger partial charge in [-0.1, -0.05) is 30.3 Å². The van der Waals surface area contributed by atoms with Crippen molar-refractivity contribution in [3.63, 3.8) is 0 Å². The molecule has 0 saturated carbocycles. The molecule has 0 aliphatic carbocycles. The first-order valence-electron chi connectivity index (χ1n) is 4.55. The van der Waals surface area contributed by atoms with Gasteiger partial charge in [0.2, 0.25) is 0 Å². The van der Waals surface area contributed by atoms with E-state index in [1.165, 1.54) is 0 Å². The largest absolute Gasteiger partial charge is 0.480 e. The molecule has 1 rings (SSSR count). The zero-order chi connectivity index (χ0) is 12.6. The maximum atomic E-state index is 10.4. The van der Waals surface area contributed by atoms with E-state index in [0.29, 0.717) is 6.42 Å². The van der Waals surface area contributed by atoms with E-state index in [2.05, 4.69) is 11.5 Å². The van der Waals surface area contributed by atoms with Gasteiger partial charge in [-0.15, -0.1) is 0 Å². The predicted octanol–water partition coefficient (Wildman–Crippen LogP) is -0.520. The molecule has 0 saturated heterocycles. The molecule has 0 radical (unpaired) electrons. The molecule has 88 valence electrons. The number of carbonyl (C=O) groups is 1. The average Bonchev–Trinajstić information content (AvgIpc) is 2.18. The number of benzene rings is 1. The minimum Gasteiger partial charge on any atom is -0.480 e. The Labute approximate surface area is 93.6 Å². The number of hydrogen-bond acceptors (Lipinski definition) is 3. The normalized spacial score (nSPS) is 10.8. The van der Waals surface area contributed by atoms with Gasteiger partial charge >= 0.3 is 5.97 Å². The highest BCUT2D eigenvalue weighted by molar-refractivity contribution is 5.73. The average molecular weight is 224 g/mol. The van der Waals surface area contributed by atoms with Crippen LogP contribution in [0.1, 0.15) is 5.56 Å². The molecule has 6 heteroatoms. The van der Waals surface area contributed by atoms with Crippen molar-refractivity contribution in [2.45, 2.75) is 12.5 Å². The van der Waals surface area contributed by atoms with Crippen molar-refractivity contribution in [1.29, 1.82) is 5.41 Å². The molecule has 0 bridgehead atoms. The molecule has 8 N–H and O–H groups in total. The lowest BCUT2D eigenvalue weighted by Gasteiger charge is -2.04. The molecular weight excluding hydrogens is 208 g/mol. The topological polar surface area (TPSA) is 139 Å². The van der Waals surface area contributed by atoms with E-state index in [4.69, 9.17) is 16.2 Å². The van der Waals surface area contributed by atoms with Crippen LogP contribution in [0.3, 0.4) is 0 Å². The molecule has 6 nitrogen and oxygen atoms in total. The number of guanidine groups is 1. The number of hydrogen-bond donors (Lipinski definition) is 5. The molecule has 0 aliphatic heterocycles. The minimum absolute atomic E-state index is 0.333. The van der Waals surface area contributed by atoms with Crippen molar-refractivity contribution in [2.75, 3.05) is 0 Å². The molecule has 0 fully saturated rings. The van der Waals surface area contributed by atoms with Crippen molar-refractivity contribution in [3.8, 4) is 0 Å². The molecule has 1 atom stereocenters. The smallest absolute Gasteiger partial charge is 0.320 e. The summed E-state index contributed by atoms with van der Waals surface area (Å²) in [6, 6.07) is 8.54. The van der Waals surface area contributed by atoms with Crippen LogP contribution in [0.15, 0.2) is 30.3 Å². The molecule has 16 heavy (non-hydrogen) atoms. The lowest BCUT2D eigenvalue weighted by atomic mass is 10.1. The summed E-state index contributed by atoms with van der Waals surface area (Å²) in [6.07, 6.45) is 0.385. The van der Waals surface area contributed by atoms with Gasteiger partial charge in [-0.25, -0.2) is 0 Å². The lowest BCUT2D eigenvalue weighted by Crippen LogP contribution is -2.32. The van der Waals surface area contributed by atoms with E-state index >= 15 is 0 Å². The summed E-state index contributed by atoms with van der Waals surface area (Å²) in [5, 5.41) is 14.6. The Kier molecular flexibility index (Phi) is 6.30. The maximum absolute atomic E-state index is 10.4. The Morgan fingerprint density at radius 2 is 1.75 bits per heavy atom. The minimum atomic E-state index is -0.959. The fraction of sp³-hybridized carbons (Fsp3) is 0.200. The Morgan fingerprint density at radius 3 is 2.12 bits per heavy atom. The third-order valence-corrected chi connectivity index (χ3v) is 1.62. The van der Waals surface area contributed by atoms with Gasteiger partial charge in [-0.05, 0) is 12.0 Å². The van der Waals surface area contributed by atoms with Gasteiger partial charge in [0.15, 0.2) is 5.96 Å². The number of carboxylic acid groups (broad SMARTS) is 1. The van der Waals surface area contributed by atoms with Crippen LogP contribution in [0.2, 0.25) is 0 Å². The van der Waals surface area contributed by atoms with Gasteiger partial charge in [0.05, 0.1) is 0 Å². The second-order valence-corrected chi connectivity index (χ2v) is 3.09. The van der Waals surface area contributed by atoms with Crippen LogP contribution in [0.4, 0.5) is 0 Å². The van der Waals surface area contributed by atoms with Crippen LogP contribution >= 0.6 is 0 Å². The zero-order valence-electron chi connectivity index (χ0n) is 8.76. The molecular formula is C10H16N4O2. The summed E-state index contributed by atoms with van der Waals surface area (Å²) in [5.41, 5.74) is 15.2. The summed E-state index contributed by atoms with van der Waals surface area (Å²) >= 11 is 0. The van der Waals surface area contributed by atoms with Crippen LogP contribution in [0, 0.1) is 5.41 Å². The summed E-state index contributed by atoms with van der Waals surface area (Å²) < 4.78 is 0. The molecule has 1 aromatic rings. The maximum Gasteiger partial charge on any atom is 0.320 e. The van der Waals surface area contributed by atoms with Crippen LogP contribution in [-0.4, -0.2) is 23.1 Å². The van der Waals surface area contributed by atoms with E-state index in [1.807, 2.05) is 30.3 Å². The third-order valence-electron chi connectivity index (χ3n) is 1.62. The van der Waals surface area contributed by atoms with Crippen molar-refractivity contribution in [3.05, 3.63) is 35.9 Å². The van der Waals surface area contributed by atoms with E-state index in [1.54, 1.807) is 0 Å². The number of nitrogens with one attached hydrogen (secondary N) is 1. The first-order chi connectivity index (χ1) is 7.43. The van der Waals surface area contributed by atoms with E-state index in [-0.39, 0.29) is 5.96 Å². The van der Waals surface area contributed by atoms with Crippen LogP contribution in [0.25, 0.3) is 0 Å². The molecule has 0 spiro atoms. The first kappa shape index (κ1) is 13.9. The second-order valence-electron chi connectivity index (χ2n) is 3.09. The Morgan fingerprint density at radius 1 is 1.31 bits per heavy atom. The van der Waals surface area contributed by atoms with Crippen molar-refractivity contribution in [1.82, 2.24) is 0 Å². The van der Waals surface area contributed by atoms with Crippen LogP contribution in [0.5, 0.6) is 0 Å². The van der Waals surface area contributed by atoms with E-state index in [9.17, 15) is 4.79 Å². The predicted molar refractivity (Wildman–Crippen MR) is 61.9 cm³/mol. The Hall–Kier alpha value is -2.08.